The molecule has 8 aromatic heterocycles. The second kappa shape index (κ2) is 53.5. The average Bonchev–Trinajstić information content (AvgIpc) is 1.79. The summed E-state index contributed by atoms with van der Waals surface area (Å²) in [5.74, 6) is 1.66. The van der Waals surface area contributed by atoms with Crippen LogP contribution in [0, 0.1) is 6.92 Å². The Kier molecular flexibility index (Phi) is 42.7. The highest BCUT2D eigenvalue weighted by atomic mass is 35.5. The van der Waals surface area contributed by atoms with E-state index in [2.05, 4.69) is 79.9 Å². The molecule has 135 heavy (non-hydrogen) atoms. The third-order valence-electron chi connectivity index (χ3n) is 15.3. The van der Waals surface area contributed by atoms with E-state index in [4.69, 9.17) is 112 Å². The second-order valence-corrected chi connectivity index (χ2v) is 31.2. The summed E-state index contributed by atoms with van der Waals surface area (Å²) in [6, 6.07) is 26.4. The van der Waals surface area contributed by atoms with E-state index < -0.39 is 47.9 Å². The molecule has 0 aliphatic rings. The number of ether oxygens (including phenoxy) is 11. The SMILES string of the molecule is CC(C)OC(=O)/C=C\n1cnc(-c2cc(Cl)cc(OC(F)(F)F)c2)n1.CC(C)OC(=O)/C=C\n1cnc(-c2cc(Cl)nc(Cl)c2)n1.CC(C)OC(=O)/C=C\n1cnc(-c2cc(Cl)nc(OC(C)C)c2)n1.CCOC(=O)/C=C\n1cnc(-c2cc(Cl)cc(OC)c2)n1.COC(=O)/C=C\n1cnc(-c2cc(Cl)cc(OC)c2)n1.Cc1cc(OC(C)C)cc(-c2ncn(/C=C\C(=O)OC(C)C)n2)c1. The van der Waals surface area contributed by atoms with Crippen LogP contribution in [0.4, 0.5) is 13.2 Å². The van der Waals surface area contributed by atoms with Crippen molar-refractivity contribution in [2.45, 2.75) is 140 Å². The summed E-state index contributed by atoms with van der Waals surface area (Å²) < 4.78 is 99.9. The van der Waals surface area contributed by atoms with Gasteiger partial charge < -0.3 is 52.1 Å². The zero-order chi connectivity index (χ0) is 99.2. The van der Waals surface area contributed by atoms with Crippen LogP contribution in [0.25, 0.3) is 106 Å². The van der Waals surface area contributed by atoms with Crippen LogP contribution in [0.1, 0.15) is 95.6 Å². The van der Waals surface area contributed by atoms with E-state index in [1.807, 2.05) is 52.8 Å². The zero-order valence-corrected chi connectivity index (χ0v) is 80.1. The molecule has 0 aliphatic heterocycles. The van der Waals surface area contributed by atoms with Crippen LogP contribution in [0.15, 0.2) is 171 Å². The predicted octanol–water partition coefficient (Wildman–Crippen LogP) is 18.5. The van der Waals surface area contributed by atoms with E-state index in [-0.39, 0.29) is 68.5 Å². The van der Waals surface area contributed by atoms with Gasteiger partial charge in [0.15, 0.2) is 34.9 Å². The topological polar surface area (TPSA) is 414 Å². The lowest BCUT2D eigenvalue weighted by atomic mass is 10.1. The van der Waals surface area contributed by atoms with Gasteiger partial charge in [-0.05, 0) is 193 Å². The molecule has 0 bridgehead atoms. The van der Waals surface area contributed by atoms with Crippen molar-refractivity contribution in [3.8, 4) is 97.2 Å². The highest BCUT2D eigenvalue weighted by Gasteiger charge is 2.32. The predicted molar refractivity (Wildman–Crippen MR) is 500 cm³/mol. The Morgan fingerprint density at radius 1 is 0.341 bits per heavy atom. The molecule has 0 saturated heterocycles. The minimum absolute atomic E-state index is 0.0239. The van der Waals surface area contributed by atoms with Gasteiger partial charge in [-0.25, -0.2) is 96.7 Å². The fraction of sp³-hybridized carbons (Fsp3) is 0.281. The van der Waals surface area contributed by atoms with E-state index in [1.54, 1.807) is 144 Å². The standard InChI is InChI=1S/C18H23N3O3.C16H19ClN4O3.C15H13ClF3N3O3.C14H14ClN3O3.C13H12Cl2N4O2.C13H12ClN3O3/c1-12(2)23-16-9-14(5)8-15(10-16)18-19-11-21(20-18)7-6-17(22)24-13(3)4;1-10(2)23-14-8-12(7-13(17)19-14)16-18-9-21(20-16)6-5-15(22)24-11(3)4;1-9(2)24-13(23)3-4-22-8-20-14(21-22)10-5-11(16)7-12(6-10)25-15(17,18)19;1-3-21-13(19)4-5-18-9-16-14(17-18)10-6-11(15)8-12(7-10)20-2;1-8(2)21-12(20)3-4-19-7-16-13(18-19)9-5-10(14)17-11(15)6-9;1-19-11-6-9(5-10(14)7-11)13-15-8-17(16-13)4-3-12(18)20-2/h6-13H,1-5H3;5-11H,1-4H3;3-9H,1-2H3;4-9H,3H2,1-2H3;3-8H,1-2H3;3-8H,1-2H3/b7-6-;6-5-;4-3-;5-4-;2*4-3-. The van der Waals surface area contributed by atoms with E-state index in [1.165, 1.54) is 140 Å². The number of pyridine rings is 2. The Hall–Kier alpha value is -14.2. The normalized spacial score (nSPS) is 11.3. The fourth-order valence-electron chi connectivity index (χ4n) is 10.3. The van der Waals surface area contributed by atoms with E-state index in [0.29, 0.717) is 74.3 Å². The van der Waals surface area contributed by atoms with Crippen molar-refractivity contribution in [3.63, 3.8) is 0 Å². The molecule has 0 atom stereocenters. The number of rotatable bonds is 30. The number of carbonyl (C=O) groups is 6. The Labute approximate surface area is 803 Å². The van der Waals surface area contributed by atoms with Gasteiger partial charge >= 0.3 is 42.2 Å². The van der Waals surface area contributed by atoms with Crippen LogP contribution in [0.2, 0.25) is 30.5 Å². The van der Waals surface area contributed by atoms with E-state index >= 15 is 0 Å². The number of esters is 6. The summed E-state index contributed by atoms with van der Waals surface area (Å²) >= 11 is 35.5. The van der Waals surface area contributed by atoms with Crippen LogP contribution in [-0.2, 0) is 57.2 Å². The first-order valence-electron chi connectivity index (χ1n) is 40.3. The number of carbonyl (C=O) groups excluding carboxylic acids is 6. The highest BCUT2D eigenvalue weighted by molar-refractivity contribution is 6.33. The lowest BCUT2D eigenvalue weighted by Crippen LogP contribution is -2.17. The minimum Gasteiger partial charge on any atom is -0.497 e. The first kappa shape index (κ1) is 108. The zero-order valence-electron chi connectivity index (χ0n) is 75.6. The van der Waals surface area contributed by atoms with Crippen molar-refractivity contribution in [1.82, 2.24) is 98.6 Å². The number of alkyl halides is 3. The number of halogens is 9. The van der Waals surface area contributed by atoms with Crippen molar-refractivity contribution in [3.05, 3.63) is 208 Å². The Bertz CT molecular complexity index is 6010. The van der Waals surface area contributed by atoms with Gasteiger partial charge in [0.1, 0.15) is 76.4 Å². The molecule has 0 aliphatic carbocycles. The van der Waals surface area contributed by atoms with Crippen LogP contribution < -0.4 is 23.7 Å². The molecule has 714 valence electrons. The Morgan fingerprint density at radius 3 is 0.926 bits per heavy atom. The average molecular weight is 1980 g/mol. The maximum atomic E-state index is 12.3. The van der Waals surface area contributed by atoms with E-state index in [0.717, 1.165) is 46.2 Å². The largest absolute Gasteiger partial charge is 0.573 e. The number of benzene rings is 4. The van der Waals surface area contributed by atoms with Gasteiger partial charge in [-0.1, -0.05) is 69.6 Å². The maximum absolute atomic E-state index is 12.3. The van der Waals surface area contributed by atoms with Crippen molar-refractivity contribution in [1.29, 1.82) is 0 Å². The smallest absolute Gasteiger partial charge is 0.497 e. The van der Waals surface area contributed by atoms with Gasteiger partial charge in [-0.2, -0.15) is 0 Å². The molecular formula is C89H93Cl6F3N20O17. The maximum Gasteiger partial charge on any atom is 0.573 e. The lowest BCUT2D eigenvalue weighted by molar-refractivity contribution is -0.274. The van der Waals surface area contributed by atoms with Gasteiger partial charge in [0.05, 0.1) is 64.6 Å². The highest BCUT2D eigenvalue weighted by Crippen LogP contribution is 2.33. The summed E-state index contributed by atoms with van der Waals surface area (Å²) in [5.41, 5.74) is 4.91. The molecule has 0 radical (unpaired) electrons. The summed E-state index contributed by atoms with van der Waals surface area (Å²) in [7, 11) is 4.42. The minimum atomic E-state index is -4.84. The second-order valence-electron chi connectivity index (χ2n) is 28.8. The van der Waals surface area contributed by atoms with Crippen LogP contribution in [0.3, 0.4) is 0 Å². The number of hydrogen-bond donors (Lipinski definition) is 0. The molecule has 12 rings (SSSR count). The van der Waals surface area contributed by atoms with Crippen LogP contribution >= 0.6 is 69.6 Å². The molecule has 46 heteroatoms. The molecule has 0 saturated carbocycles. The monoisotopic (exact) mass is 1980 g/mol. The molecule has 0 N–H and O–H groups in total. The van der Waals surface area contributed by atoms with Crippen molar-refractivity contribution < 1.29 is 94.0 Å². The van der Waals surface area contributed by atoms with Crippen molar-refractivity contribution >= 4 is 143 Å². The van der Waals surface area contributed by atoms with Gasteiger partial charge in [0, 0.05) is 128 Å². The van der Waals surface area contributed by atoms with Crippen molar-refractivity contribution in [2.75, 3.05) is 27.9 Å². The number of methoxy groups -OCH3 is 3. The van der Waals surface area contributed by atoms with Crippen LogP contribution in [0.5, 0.6) is 28.9 Å². The Balaban J connectivity index is 0.000000221. The first-order chi connectivity index (χ1) is 63.9. The molecule has 0 unspecified atom stereocenters. The van der Waals surface area contributed by atoms with Gasteiger partial charge in [0.25, 0.3) is 0 Å². The van der Waals surface area contributed by atoms with Gasteiger partial charge in [-0.3, -0.25) is 0 Å². The number of hydrogen-bond acceptors (Lipinski definition) is 31. The third kappa shape index (κ3) is 40.0. The summed E-state index contributed by atoms with van der Waals surface area (Å²) in [4.78, 5) is 101. The summed E-state index contributed by atoms with van der Waals surface area (Å²) in [6.07, 6.45) is 19.4. The summed E-state index contributed by atoms with van der Waals surface area (Å²) in [6.45, 7) is 26.0. The first-order valence-corrected chi connectivity index (χ1v) is 42.6. The molecule has 0 amide bonds. The molecule has 8 heterocycles. The molecule has 0 fully saturated rings. The quantitative estimate of drug-likeness (QED) is 0.0175. The molecule has 4 aromatic carbocycles. The number of aromatic nitrogens is 20. The number of nitrogens with zero attached hydrogens (tertiary/aromatic N) is 20. The molecule has 0 spiro atoms. The Morgan fingerprint density at radius 2 is 0.622 bits per heavy atom. The molecular weight excluding hydrogens is 1890 g/mol. The fourth-order valence-corrected chi connectivity index (χ4v) is 11.6. The molecule has 12 aromatic rings. The molecule has 37 nitrogen and oxygen atoms in total. The third-order valence-corrected chi connectivity index (χ3v) is 16.5. The van der Waals surface area contributed by atoms with Gasteiger partial charge in [0.2, 0.25) is 5.88 Å². The van der Waals surface area contributed by atoms with Gasteiger partial charge in [-0.15, -0.1) is 43.8 Å². The summed E-state index contributed by atoms with van der Waals surface area (Å²) in [5, 5.41) is 27.1. The van der Waals surface area contributed by atoms with Crippen LogP contribution in [-0.4, -0.2) is 205 Å². The number of aryl methyl sites for hydroxylation is 1. The van der Waals surface area contributed by atoms with E-state index in [9.17, 15) is 41.9 Å². The van der Waals surface area contributed by atoms with Crippen molar-refractivity contribution in [2.24, 2.45) is 0 Å². The lowest BCUT2D eigenvalue weighted by Gasteiger charge is -2.11.